The Morgan fingerprint density at radius 3 is 2.80 bits per heavy atom. The zero-order valence-electron chi connectivity index (χ0n) is 8.33. The van der Waals surface area contributed by atoms with Gasteiger partial charge in [0.05, 0.1) is 10.6 Å². The molecule has 1 N–H and O–H groups in total. The highest BCUT2D eigenvalue weighted by atomic mass is 35.5. The van der Waals surface area contributed by atoms with Crippen LogP contribution in [0.4, 0.5) is 5.82 Å². The third-order valence-corrected chi connectivity index (χ3v) is 2.99. The van der Waals surface area contributed by atoms with E-state index in [-0.39, 0.29) is 0 Å². The molecule has 2 rings (SSSR count). The molecule has 4 heteroatoms. The minimum atomic E-state index is 0.425. The van der Waals surface area contributed by atoms with Crippen molar-refractivity contribution in [2.75, 3.05) is 5.32 Å². The molecule has 0 atom stereocenters. The maximum atomic E-state index is 8.70. The summed E-state index contributed by atoms with van der Waals surface area (Å²) < 4.78 is 0. The molecule has 0 aromatic carbocycles. The van der Waals surface area contributed by atoms with Gasteiger partial charge in [0.25, 0.3) is 0 Å². The van der Waals surface area contributed by atoms with Crippen molar-refractivity contribution < 1.29 is 0 Å². The number of hydrogen-bond acceptors (Lipinski definition) is 3. The van der Waals surface area contributed by atoms with Crippen LogP contribution >= 0.6 is 11.6 Å². The molecule has 0 amide bonds. The summed E-state index contributed by atoms with van der Waals surface area (Å²) in [5.41, 5.74) is 0.425. The molecule has 0 radical (unpaired) electrons. The zero-order chi connectivity index (χ0) is 10.7. The van der Waals surface area contributed by atoms with Gasteiger partial charge in [-0.15, -0.1) is 0 Å². The van der Waals surface area contributed by atoms with Gasteiger partial charge in [-0.3, -0.25) is 0 Å². The van der Waals surface area contributed by atoms with Crippen molar-refractivity contribution in [3.8, 4) is 6.07 Å². The molecule has 1 aromatic heterocycles. The predicted molar refractivity (Wildman–Crippen MR) is 59.8 cm³/mol. The molecular weight excluding hydrogens is 210 g/mol. The molecule has 1 saturated carbocycles. The Balaban J connectivity index is 2.09. The van der Waals surface area contributed by atoms with Crippen LogP contribution in [-0.4, -0.2) is 11.0 Å². The van der Waals surface area contributed by atoms with Gasteiger partial charge in [-0.05, 0) is 12.8 Å². The Morgan fingerprint density at radius 2 is 2.20 bits per heavy atom. The van der Waals surface area contributed by atoms with Gasteiger partial charge >= 0.3 is 0 Å². The second-order valence-corrected chi connectivity index (χ2v) is 4.19. The summed E-state index contributed by atoms with van der Waals surface area (Å²) in [5.74, 6) is 0.769. The summed E-state index contributed by atoms with van der Waals surface area (Å²) in [7, 11) is 0. The van der Waals surface area contributed by atoms with E-state index in [4.69, 9.17) is 16.9 Å². The van der Waals surface area contributed by atoms with Crippen LogP contribution in [0, 0.1) is 11.3 Å². The first kappa shape index (κ1) is 10.3. The quantitative estimate of drug-likeness (QED) is 0.835. The molecule has 1 aliphatic rings. The van der Waals surface area contributed by atoms with E-state index in [1.165, 1.54) is 31.9 Å². The van der Waals surface area contributed by atoms with Gasteiger partial charge in [-0.2, -0.15) is 5.26 Å². The lowest BCUT2D eigenvalue weighted by atomic mass is 10.2. The first-order chi connectivity index (χ1) is 7.29. The van der Waals surface area contributed by atoms with E-state index in [0.717, 1.165) is 5.82 Å². The number of rotatable bonds is 2. The van der Waals surface area contributed by atoms with Crippen molar-refractivity contribution >= 4 is 17.4 Å². The average molecular weight is 222 g/mol. The fourth-order valence-electron chi connectivity index (χ4n) is 1.87. The van der Waals surface area contributed by atoms with E-state index < -0.39 is 0 Å². The maximum Gasteiger partial charge on any atom is 0.127 e. The second-order valence-electron chi connectivity index (χ2n) is 3.79. The van der Waals surface area contributed by atoms with E-state index in [1.54, 1.807) is 6.07 Å². The normalized spacial score (nSPS) is 16.3. The first-order valence-corrected chi connectivity index (χ1v) is 5.49. The topological polar surface area (TPSA) is 48.7 Å². The number of nitrogens with one attached hydrogen (secondary N) is 1. The van der Waals surface area contributed by atoms with E-state index in [2.05, 4.69) is 10.3 Å². The van der Waals surface area contributed by atoms with Crippen molar-refractivity contribution in [1.82, 2.24) is 4.98 Å². The van der Waals surface area contributed by atoms with Crippen LogP contribution < -0.4 is 5.32 Å². The molecular formula is C11H12ClN3. The minimum Gasteiger partial charge on any atom is -0.367 e. The number of halogens is 1. The number of hydrogen-bond donors (Lipinski definition) is 1. The van der Waals surface area contributed by atoms with Crippen molar-refractivity contribution in [2.45, 2.75) is 31.7 Å². The Kier molecular flexibility index (Phi) is 3.08. The molecule has 0 bridgehead atoms. The average Bonchev–Trinajstić information content (AvgIpc) is 2.71. The van der Waals surface area contributed by atoms with Crippen molar-refractivity contribution in [3.05, 3.63) is 22.8 Å². The number of nitriles is 1. The molecule has 1 fully saturated rings. The van der Waals surface area contributed by atoms with Crippen LogP contribution in [0.1, 0.15) is 31.2 Å². The van der Waals surface area contributed by atoms with E-state index in [0.29, 0.717) is 16.6 Å². The summed E-state index contributed by atoms with van der Waals surface area (Å²) in [6.07, 6.45) is 6.46. The number of anilines is 1. The monoisotopic (exact) mass is 221 g/mol. The Bertz CT molecular complexity index is 391. The lowest BCUT2D eigenvalue weighted by Crippen LogP contribution is -2.15. The molecule has 0 spiro atoms. The largest absolute Gasteiger partial charge is 0.367 e. The van der Waals surface area contributed by atoms with Crippen LogP contribution in [0.25, 0.3) is 0 Å². The third kappa shape index (κ3) is 2.40. The van der Waals surface area contributed by atoms with Gasteiger partial charge in [0.2, 0.25) is 0 Å². The molecule has 1 aromatic rings. The van der Waals surface area contributed by atoms with E-state index >= 15 is 0 Å². The van der Waals surface area contributed by atoms with Gasteiger partial charge in [-0.1, -0.05) is 24.4 Å². The Hall–Kier alpha value is -1.27. The fourth-order valence-corrected chi connectivity index (χ4v) is 2.07. The molecule has 3 nitrogen and oxygen atoms in total. The molecule has 1 heterocycles. The predicted octanol–water partition coefficient (Wildman–Crippen LogP) is 2.96. The molecule has 78 valence electrons. The van der Waals surface area contributed by atoms with Gasteiger partial charge < -0.3 is 5.32 Å². The van der Waals surface area contributed by atoms with Crippen LogP contribution in [-0.2, 0) is 0 Å². The highest BCUT2D eigenvalue weighted by molar-refractivity contribution is 6.31. The van der Waals surface area contributed by atoms with Crippen LogP contribution in [0.2, 0.25) is 5.02 Å². The van der Waals surface area contributed by atoms with Gasteiger partial charge in [0.1, 0.15) is 11.9 Å². The van der Waals surface area contributed by atoms with Crippen LogP contribution in [0.3, 0.4) is 0 Å². The standard InChI is InChI=1S/C11H12ClN3/c12-10-5-11(14-7-8(10)6-13)15-9-3-1-2-4-9/h5,7,9H,1-4H2,(H,14,15). The molecule has 1 aliphatic carbocycles. The lowest BCUT2D eigenvalue weighted by molar-refractivity contribution is 0.750. The van der Waals surface area contributed by atoms with Crippen LogP contribution in [0.5, 0.6) is 0 Å². The van der Waals surface area contributed by atoms with E-state index in [9.17, 15) is 0 Å². The Labute approximate surface area is 94.1 Å². The Morgan fingerprint density at radius 1 is 1.47 bits per heavy atom. The minimum absolute atomic E-state index is 0.425. The molecule has 0 aliphatic heterocycles. The molecule has 15 heavy (non-hydrogen) atoms. The highest BCUT2D eigenvalue weighted by Gasteiger charge is 2.15. The van der Waals surface area contributed by atoms with Crippen molar-refractivity contribution in [2.24, 2.45) is 0 Å². The first-order valence-electron chi connectivity index (χ1n) is 5.12. The highest BCUT2D eigenvalue weighted by Crippen LogP contribution is 2.23. The lowest BCUT2D eigenvalue weighted by Gasteiger charge is -2.12. The maximum absolute atomic E-state index is 8.70. The van der Waals surface area contributed by atoms with Crippen molar-refractivity contribution in [3.63, 3.8) is 0 Å². The number of aromatic nitrogens is 1. The second kappa shape index (κ2) is 4.50. The fraction of sp³-hybridized carbons (Fsp3) is 0.455. The summed E-state index contributed by atoms with van der Waals surface area (Å²) in [6.45, 7) is 0. The van der Waals surface area contributed by atoms with Crippen LogP contribution in [0.15, 0.2) is 12.3 Å². The summed E-state index contributed by atoms with van der Waals surface area (Å²) in [6, 6.07) is 4.23. The van der Waals surface area contributed by atoms with Crippen molar-refractivity contribution in [1.29, 1.82) is 5.26 Å². The zero-order valence-corrected chi connectivity index (χ0v) is 9.09. The van der Waals surface area contributed by atoms with Gasteiger partial charge in [0.15, 0.2) is 0 Å². The SMILES string of the molecule is N#Cc1cnc(NC2CCCC2)cc1Cl. The van der Waals surface area contributed by atoms with Gasteiger partial charge in [0, 0.05) is 18.3 Å². The molecule has 0 saturated heterocycles. The third-order valence-electron chi connectivity index (χ3n) is 2.68. The molecule has 0 unspecified atom stereocenters. The number of pyridine rings is 1. The van der Waals surface area contributed by atoms with Gasteiger partial charge in [-0.25, -0.2) is 4.98 Å². The smallest absolute Gasteiger partial charge is 0.127 e. The summed E-state index contributed by atoms with van der Waals surface area (Å²) >= 11 is 5.91. The summed E-state index contributed by atoms with van der Waals surface area (Å²) in [5, 5.41) is 12.5. The van der Waals surface area contributed by atoms with E-state index in [1.807, 2.05) is 6.07 Å². The number of nitrogens with zero attached hydrogens (tertiary/aromatic N) is 2. The summed E-state index contributed by atoms with van der Waals surface area (Å²) in [4.78, 5) is 4.16.